The van der Waals surface area contributed by atoms with E-state index in [0.717, 1.165) is 55.5 Å². The summed E-state index contributed by atoms with van der Waals surface area (Å²) in [5, 5.41) is 15.0. The highest BCUT2D eigenvalue weighted by Crippen LogP contribution is 2.38. The van der Waals surface area contributed by atoms with Crippen molar-refractivity contribution in [3.8, 4) is 0 Å². The number of nitrogens with zero attached hydrogens (tertiary/aromatic N) is 2. The summed E-state index contributed by atoms with van der Waals surface area (Å²) < 4.78 is 66.5. The highest BCUT2D eigenvalue weighted by Gasteiger charge is 2.28. The molecule has 0 saturated heterocycles. The van der Waals surface area contributed by atoms with Gasteiger partial charge in [0.05, 0.1) is 17.4 Å². The van der Waals surface area contributed by atoms with Crippen molar-refractivity contribution >= 4 is 76.4 Å². The van der Waals surface area contributed by atoms with Crippen molar-refractivity contribution in [2.45, 2.75) is 66.2 Å². The summed E-state index contributed by atoms with van der Waals surface area (Å²) in [6.07, 6.45) is 9.56. The van der Waals surface area contributed by atoms with E-state index in [9.17, 15) is 35.8 Å². The first kappa shape index (κ1) is 44.5. The third kappa shape index (κ3) is 11.8. The van der Waals surface area contributed by atoms with Crippen molar-refractivity contribution in [3.05, 3.63) is 130 Å². The fourth-order valence-corrected chi connectivity index (χ4v) is 8.98. The maximum Gasteiger partial charge on any atom is 0.307 e. The van der Waals surface area contributed by atoms with Crippen molar-refractivity contribution in [2.24, 2.45) is 5.92 Å². The van der Waals surface area contributed by atoms with Crippen LogP contribution >= 0.6 is 11.6 Å². The van der Waals surface area contributed by atoms with Crippen molar-refractivity contribution in [1.82, 2.24) is 0 Å². The van der Waals surface area contributed by atoms with Crippen molar-refractivity contribution < 1.29 is 40.4 Å². The van der Waals surface area contributed by atoms with E-state index in [4.69, 9.17) is 11.6 Å². The van der Waals surface area contributed by atoms with E-state index in [-0.39, 0.29) is 37.2 Å². The standard InChI is InChI=1S/C45H51ClN2O8S2/c1-31(47(25-9-11-27-57(51,52)53)42-23-21-35-13-5-7-15-40(35)33(42)3)17-19-37-29-39(45(49)50)30-38(44(37)46)20-18-32(2)48(26-10-12-28-58(54,55)56)43-24-22-36-14-6-8-16-41(36)34(43)4/h5-8,13-24,39H,9-12,25-30H2,1-4H3,(H2-,49,50,51,52,53,54,55,56)/p+1. The Bertz CT molecular complexity index is 2570. The van der Waals surface area contributed by atoms with Gasteiger partial charge in [-0.1, -0.05) is 78.4 Å². The molecule has 4 aromatic rings. The lowest BCUT2D eigenvalue weighted by atomic mass is 9.85. The minimum atomic E-state index is -4.09. The summed E-state index contributed by atoms with van der Waals surface area (Å²) in [6, 6.07) is 24.3. The number of allylic oxidation sites excluding steroid dienone is 8. The van der Waals surface area contributed by atoms with Crippen LogP contribution < -0.4 is 4.90 Å². The number of hydrogen-bond acceptors (Lipinski definition) is 6. The third-order valence-electron chi connectivity index (χ3n) is 10.7. The minimum Gasteiger partial charge on any atom is -0.481 e. The van der Waals surface area contributed by atoms with Gasteiger partial charge in [-0.05, 0) is 109 Å². The van der Waals surface area contributed by atoms with E-state index >= 15 is 0 Å². The molecule has 10 nitrogen and oxygen atoms in total. The molecule has 0 spiro atoms. The number of anilines is 1. The van der Waals surface area contributed by atoms with Crippen LogP contribution in [0.15, 0.2) is 119 Å². The SMILES string of the molecule is CC(/C=C/C1=C(Cl)C(=C/C=C(\C)N(CCCCS(=O)(=O)O)c2ccc3ccccc3c2C)/CC(C(=O)O)C1)=[N+](CCCCS(=O)(=O)O)c1ccc2ccccc2c1C. The molecule has 308 valence electrons. The summed E-state index contributed by atoms with van der Waals surface area (Å²) in [6.45, 7) is 8.95. The lowest BCUT2D eigenvalue weighted by Crippen LogP contribution is -2.24. The minimum absolute atomic E-state index is 0.234. The van der Waals surface area contributed by atoms with Crippen molar-refractivity contribution in [1.29, 1.82) is 0 Å². The van der Waals surface area contributed by atoms with E-state index in [2.05, 4.69) is 21.6 Å². The zero-order valence-corrected chi connectivity index (χ0v) is 35.7. The van der Waals surface area contributed by atoms with Crippen LogP contribution in [0.25, 0.3) is 21.5 Å². The molecule has 1 atom stereocenters. The molecule has 58 heavy (non-hydrogen) atoms. The Balaban J connectivity index is 1.51. The first-order valence-corrected chi connectivity index (χ1v) is 23.0. The number of aliphatic carboxylic acids is 1. The van der Waals surface area contributed by atoms with E-state index in [1.807, 2.05) is 113 Å². The first-order valence-electron chi connectivity index (χ1n) is 19.4. The Morgan fingerprint density at radius 2 is 1.40 bits per heavy atom. The molecule has 0 fully saturated rings. The van der Waals surface area contributed by atoms with Gasteiger partial charge >= 0.3 is 5.97 Å². The maximum absolute atomic E-state index is 12.5. The number of halogens is 1. The second-order valence-electron chi connectivity index (χ2n) is 14.9. The molecule has 5 rings (SSSR count). The largest absolute Gasteiger partial charge is 0.481 e. The number of rotatable bonds is 17. The van der Waals surface area contributed by atoms with Gasteiger partial charge in [-0.15, -0.1) is 0 Å². The summed E-state index contributed by atoms with van der Waals surface area (Å²) in [4.78, 5) is 14.6. The van der Waals surface area contributed by atoms with E-state index < -0.39 is 32.1 Å². The molecule has 1 unspecified atom stereocenters. The number of aryl methyl sites for hydroxylation is 2. The molecule has 13 heteroatoms. The van der Waals surface area contributed by atoms with Gasteiger partial charge in [-0.25, -0.2) is 0 Å². The quantitative estimate of drug-likeness (QED) is 0.0408. The molecule has 0 saturated carbocycles. The van der Waals surface area contributed by atoms with Gasteiger partial charge in [-0.3, -0.25) is 13.9 Å². The molecule has 0 bridgehead atoms. The molecule has 0 aromatic heterocycles. The Morgan fingerprint density at radius 1 is 0.810 bits per heavy atom. The smallest absolute Gasteiger partial charge is 0.307 e. The average molecular weight is 849 g/mol. The molecular formula is C45H52ClN2O8S2+. The zero-order chi connectivity index (χ0) is 42.2. The van der Waals surface area contributed by atoms with Crippen LogP contribution in [0.4, 0.5) is 11.4 Å². The first-order chi connectivity index (χ1) is 27.4. The second-order valence-corrected chi connectivity index (χ2v) is 18.4. The van der Waals surface area contributed by atoms with Gasteiger partial charge in [0.25, 0.3) is 20.2 Å². The Kier molecular flexibility index (Phi) is 14.9. The van der Waals surface area contributed by atoms with Gasteiger partial charge in [0.1, 0.15) is 6.54 Å². The van der Waals surface area contributed by atoms with Crippen LogP contribution in [0.5, 0.6) is 0 Å². The molecule has 0 aliphatic heterocycles. The summed E-state index contributed by atoms with van der Waals surface area (Å²) in [5.41, 5.74) is 7.04. The number of carboxylic acid groups (broad SMARTS) is 1. The van der Waals surface area contributed by atoms with Crippen molar-refractivity contribution in [3.63, 3.8) is 0 Å². The van der Waals surface area contributed by atoms with E-state index in [1.165, 1.54) is 0 Å². The van der Waals surface area contributed by atoms with Crippen LogP contribution in [0.2, 0.25) is 0 Å². The number of carbonyl (C=O) groups is 1. The van der Waals surface area contributed by atoms with Gasteiger partial charge in [0.2, 0.25) is 5.69 Å². The molecular weight excluding hydrogens is 796 g/mol. The van der Waals surface area contributed by atoms with Crippen LogP contribution in [0.1, 0.15) is 63.5 Å². The van der Waals surface area contributed by atoms with Crippen LogP contribution in [-0.4, -0.2) is 71.9 Å². The summed E-state index contributed by atoms with van der Waals surface area (Å²) in [5.74, 6) is -2.30. The molecule has 1 aliphatic rings. The highest BCUT2D eigenvalue weighted by molar-refractivity contribution is 7.86. The van der Waals surface area contributed by atoms with Crippen LogP contribution in [-0.2, 0) is 25.0 Å². The molecule has 0 radical (unpaired) electrons. The summed E-state index contributed by atoms with van der Waals surface area (Å²) in [7, 11) is -8.18. The topological polar surface area (TPSA) is 152 Å². The Morgan fingerprint density at radius 3 is 2.02 bits per heavy atom. The van der Waals surface area contributed by atoms with Gasteiger partial charge < -0.3 is 10.0 Å². The second kappa shape index (κ2) is 19.4. The highest BCUT2D eigenvalue weighted by atomic mass is 35.5. The third-order valence-corrected chi connectivity index (χ3v) is 12.8. The maximum atomic E-state index is 12.5. The van der Waals surface area contributed by atoms with Crippen LogP contribution in [0.3, 0.4) is 0 Å². The average Bonchev–Trinajstić information content (AvgIpc) is 3.17. The number of hydrogen-bond donors (Lipinski definition) is 3. The monoisotopic (exact) mass is 847 g/mol. The number of benzene rings is 4. The predicted octanol–water partition coefficient (Wildman–Crippen LogP) is 9.93. The number of fused-ring (bicyclic) bond motifs is 2. The molecule has 0 heterocycles. The lowest BCUT2D eigenvalue weighted by molar-refractivity contribution is -0.441. The van der Waals surface area contributed by atoms with Gasteiger partial charge in [0.15, 0.2) is 5.71 Å². The molecule has 3 N–H and O–H groups in total. The zero-order valence-electron chi connectivity index (χ0n) is 33.4. The Labute approximate surface area is 347 Å². The molecule has 0 amide bonds. The molecule has 1 aliphatic carbocycles. The fourth-order valence-electron chi connectivity index (χ4n) is 7.57. The van der Waals surface area contributed by atoms with Crippen molar-refractivity contribution in [2.75, 3.05) is 29.5 Å². The van der Waals surface area contributed by atoms with Gasteiger partial charge in [-0.2, -0.15) is 21.4 Å². The molecule has 4 aromatic carbocycles. The normalized spacial score (nSPS) is 16.8. The Hall–Kier alpha value is -4.59. The van der Waals surface area contributed by atoms with E-state index in [1.54, 1.807) is 0 Å². The van der Waals surface area contributed by atoms with Crippen LogP contribution in [0, 0.1) is 19.8 Å². The van der Waals surface area contributed by atoms with E-state index in [0.29, 0.717) is 42.1 Å². The summed E-state index contributed by atoms with van der Waals surface area (Å²) >= 11 is 7.09. The lowest BCUT2D eigenvalue weighted by Gasteiger charge is -2.28. The fraction of sp³-hybridized carbons (Fsp3) is 0.333. The number of unbranched alkanes of at least 4 members (excludes halogenated alkanes) is 2. The van der Waals surface area contributed by atoms with Gasteiger partial charge in [0, 0.05) is 54.0 Å². The predicted molar refractivity (Wildman–Crippen MR) is 236 cm³/mol. The number of carboxylic acids is 1.